The molecule has 5 atom stereocenters. The normalized spacial score (nSPS) is 28.0. The summed E-state index contributed by atoms with van der Waals surface area (Å²) in [6, 6.07) is 11.4. The number of carbonyl (C=O) groups excluding carboxylic acids is 4. The van der Waals surface area contributed by atoms with Crippen LogP contribution in [0.15, 0.2) is 48.5 Å². The zero-order valence-electron chi connectivity index (χ0n) is 29.7. The fourth-order valence-electron chi connectivity index (χ4n) is 7.89. The number of nitrogens with one attached hydrogen (secondary N) is 1. The molecule has 0 unspecified atom stereocenters. The standard InChI is InChI=1S/C39H44F2N4O8/c1-2-50-36(48)38-19-25(38)12-6-4-3-5-7-16-30-35(47)45-21-27(18-31(45)32(46)20-38)53-34-33(42-28-14-8-9-15-29(28)43-34)24-11-10-13-26(17-24)51-22-39(40,41)23-52-37(49)44-30/h8-11,13-15,17,25,27,30-31H,2-7,12,16,18-23H2,1H3,(H,44,49)/t25-,27-,30+,31+,38-/m1/s1. The summed E-state index contributed by atoms with van der Waals surface area (Å²) in [7, 11) is 0. The minimum absolute atomic E-state index is 0.00774. The van der Waals surface area contributed by atoms with Crippen LogP contribution in [0.5, 0.6) is 11.6 Å². The molecule has 3 aromatic rings. The first kappa shape index (κ1) is 36.5. The average molecular weight is 735 g/mol. The van der Waals surface area contributed by atoms with Crippen LogP contribution in [0.25, 0.3) is 22.3 Å². The number of cyclic esters (lactones) is 1. The second kappa shape index (κ2) is 15.2. The van der Waals surface area contributed by atoms with Gasteiger partial charge in [0.05, 0.1) is 35.6 Å². The number of Topliss-reactive ketones (excluding diaryl/α,β-unsaturated/α-hetero) is 1. The van der Waals surface area contributed by atoms with E-state index in [-0.39, 0.29) is 55.7 Å². The molecule has 1 saturated carbocycles. The third-order valence-electron chi connectivity index (χ3n) is 10.7. The number of esters is 1. The molecule has 3 fully saturated rings. The smallest absolute Gasteiger partial charge is 0.408 e. The molecule has 1 aromatic heterocycles. The van der Waals surface area contributed by atoms with Gasteiger partial charge in [0.1, 0.15) is 23.6 Å². The Bertz CT molecular complexity index is 1880. The lowest BCUT2D eigenvalue weighted by Crippen LogP contribution is -2.52. The van der Waals surface area contributed by atoms with Gasteiger partial charge >= 0.3 is 18.0 Å². The number of hydrogen-bond donors (Lipinski definition) is 1. The van der Waals surface area contributed by atoms with Crippen LogP contribution >= 0.6 is 0 Å². The summed E-state index contributed by atoms with van der Waals surface area (Å²) < 4.78 is 52.4. The van der Waals surface area contributed by atoms with E-state index in [4.69, 9.17) is 28.9 Å². The number of ketones is 1. The summed E-state index contributed by atoms with van der Waals surface area (Å²) in [5, 5.41) is 2.51. The van der Waals surface area contributed by atoms with Crippen LogP contribution in [0.4, 0.5) is 13.6 Å². The first-order chi connectivity index (χ1) is 25.5. The molecule has 53 heavy (non-hydrogen) atoms. The maximum atomic E-state index is 15.0. The first-order valence-corrected chi connectivity index (χ1v) is 18.5. The average Bonchev–Trinajstić information content (AvgIpc) is 3.68. The summed E-state index contributed by atoms with van der Waals surface area (Å²) in [6.45, 7) is -0.473. The minimum atomic E-state index is -3.56. The monoisotopic (exact) mass is 734 g/mol. The Morgan fingerprint density at radius 2 is 1.70 bits per heavy atom. The maximum absolute atomic E-state index is 15.0. The number of ether oxygens (including phenoxy) is 4. The summed E-state index contributed by atoms with van der Waals surface area (Å²) in [5.41, 5.74) is 0.952. The second-order valence-corrected chi connectivity index (χ2v) is 14.6. The summed E-state index contributed by atoms with van der Waals surface area (Å²) >= 11 is 0. The van der Waals surface area contributed by atoms with E-state index in [1.165, 1.54) is 17.0 Å². The van der Waals surface area contributed by atoms with Crippen LogP contribution in [0.1, 0.15) is 71.1 Å². The van der Waals surface area contributed by atoms with Gasteiger partial charge in [-0.25, -0.2) is 14.8 Å². The van der Waals surface area contributed by atoms with Crippen molar-refractivity contribution >= 4 is 34.8 Å². The van der Waals surface area contributed by atoms with E-state index < -0.39 is 60.7 Å². The van der Waals surface area contributed by atoms with Gasteiger partial charge in [-0.3, -0.25) is 14.4 Å². The molecule has 3 aliphatic heterocycles. The molecule has 7 rings (SSSR count). The molecule has 2 aromatic carbocycles. The molecule has 2 amide bonds. The fourth-order valence-corrected chi connectivity index (χ4v) is 7.89. The van der Waals surface area contributed by atoms with Crippen molar-refractivity contribution in [2.75, 3.05) is 26.4 Å². The zero-order valence-corrected chi connectivity index (χ0v) is 29.7. The molecule has 14 heteroatoms. The number of carbonyl (C=O) groups is 4. The topological polar surface area (TPSA) is 146 Å². The van der Waals surface area contributed by atoms with E-state index in [0.717, 1.165) is 32.1 Å². The van der Waals surface area contributed by atoms with E-state index in [2.05, 4.69) is 5.32 Å². The minimum Gasteiger partial charge on any atom is -0.487 e. The molecule has 1 N–H and O–H groups in total. The number of halogens is 2. The van der Waals surface area contributed by atoms with Crippen LogP contribution < -0.4 is 14.8 Å². The number of fused-ring (bicyclic) bond motifs is 8. The predicted molar refractivity (Wildman–Crippen MR) is 187 cm³/mol. The van der Waals surface area contributed by atoms with Crippen molar-refractivity contribution in [1.82, 2.24) is 20.2 Å². The van der Waals surface area contributed by atoms with Crippen LogP contribution in [0, 0.1) is 11.3 Å². The Labute approximate surface area is 305 Å². The number of hydrogen-bond acceptors (Lipinski definition) is 10. The van der Waals surface area contributed by atoms with E-state index in [1.54, 1.807) is 31.2 Å². The molecule has 282 valence electrons. The number of nitrogens with zero attached hydrogens (tertiary/aromatic N) is 3. The number of amides is 2. The number of alkyl halides is 2. The molecule has 0 radical (unpaired) electrons. The fraction of sp³-hybridized carbons (Fsp3) is 0.538. The van der Waals surface area contributed by atoms with Crippen LogP contribution in [-0.4, -0.2) is 89.1 Å². The van der Waals surface area contributed by atoms with Crippen molar-refractivity contribution in [3.8, 4) is 22.9 Å². The Morgan fingerprint density at radius 3 is 2.49 bits per heavy atom. The van der Waals surface area contributed by atoms with E-state index in [9.17, 15) is 28.0 Å². The van der Waals surface area contributed by atoms with Crippen LogP contribution in [-0.2, 0) is 23.9 Å². The van der Waals surface area contributed by atoms with Gasteiger partial charge in [-0.1, -0.05) is 56.4 Å². The quantitative estimate of drug-likeness (QED) is 0.309. The van der Waals surface area contributed by atoms with Crippen molar-refractivity contribution in [3.05, 3.63) is 48.5 Å². The lowest BCUT2D eigenvalue weighted by Gasteiger charge is -2.29. The lowest BCUT2D eigenvalue weighted by atomic mass is 9.90. The maximum Gasteiger partial charge on any atom is 0.408 e. The Balaban J connectivity index is 1.28. The van der Waals surface area contributed by atoms with Gasteiger partial charge in [-0.05, 0) is 56.4 Å². The Hall–Kier alpha value is -4.88. The molecular formula is C39H44F2N4O8. The van der Waals surface area contributed by atoms with E-state index >= 15 is 0 Å². The highest BCUT2D eigenvalue weighted by molar-refractivity contribution is 5.96. The van der Waals surface area contributed by atoms with Crippen LogP contribution in [0.3, 0.4) is 0 Å². The van der Waals surface area contributed by atoms with Crippen molar-refractivity contribution in [3.63, 3.8) is 0 Å². The largest absolute Gasteiger partial charge is 0.487 e. The van der Waals surface area contributed by atoms with Crippen molar-refractivity contribution in [1.29, 1.82) is 0 Å². The zero-order chi connectivity index (χ0) is 37.2. The molecule has 5 bridgehead atoms. The van der Waals surface area contributed by atoms with Gasteiger partial charge in [0.2, 0.25) is 11.8 Å². The first-order valence-electron chi connectivity index (χ1n) is 18.5. The molecule has 12 nitrogen and oxygen atoms in total. The van der Waals surface area contributed by atoms with E-state index in [1.807, 2.05) is 12.1 Å². The summed E-state index contributed by atoms with van der Waals surface area (Å²) in [6.07, 6.45) is 3.62. The summed E-state index contributed by atoms with van der Waals surface area (Å²) in [5.74, 6) is -4.57. The summed E-state index contributed by atoms with van der Waals surface area (Å²) in [4.78, 5) is 66.1. The molecule has 0 spiro atoms. The highest BCUT2D eigenvalue weighted by Crippen LogP contribution is 2.59. The number of alkyl carbamates (subject to hydrolysis) is 1. The molecule has 4 heterocycles. The van der Waals surface area contributed by atoms with Crippen molar-refractivity contribution < 1.29 is 46.9 Å². The predicted octanol–water partition coefficient (Wildman–Crippen LogP) is 6.04. The van der Waals surface area contributed by atoms with Crippen LogP contribution in [0.2, 0.25) is 0 Å². The van der Waals surface area contributed by atoms with Gasteiger partial charge in [0.15, 0.2) is 19.0 Å². The third-order valence-corrected chi connectivity index (χ3v) is 10.7. The number of aromatic nitrogens is 2. The van der Waals surface area contributed by atoms with Gasteiger partial charge in [0, 0.05) is 18.4 Å². The molecular weight excluding hydrogens is 690 g/mol. The van der Waals surface area contributed by atoms with Gasteiger partial charge in [-0.15, -0.1) is 0 Å². The lowest BCUT2D eigenvalue weighted by molar-refractivity contribution is -0.153. The molecule has 1 aliphatic carbocycles. The van der Waals surface area contributed by atoms with Gasteiger partial charge < -0.3 is 29.2 Å². The molecule has 4 aliphatic rings. The number of benzene rings is 2. The second-order valence-electron chi connectivity index (χ2n) is 14.6. The molecule has 2 saturated heterocycles. The number of rotatable bonds is 2. The van der Waals surface area contributed by atoms with Gasteiger partial charge in [0.25, 0.3) is 0 Å². The Morgan fingerprint density at radius 1 is 0.962 bits per heavy atom. The highest BCUT2D eigenvalue weighted by atomic mass is 19.3. The van der Waals surface area contributed by atoms with Crippen molar-refractivity contribution in [2.24, 2.45) is 11.3 Å². The van der Waals surface area contributed by atoms with Crippen molar-refractivity contribution in [2.45, 2.75) is 95.2 Å². The third kappa shape index (κ3) is 8.06. The highest BCUT2D eigenvalue weighted by Gasteiger charge is 2.62. The SMILES string of the molecule is CCOC(=O)[C@]12CC(=O)[C@@H]3C[C@@H]4CN3C(=O)[C@H](CCCCCCC[C@@H]1C2)NC(=O)OCC(F)(F)COc1cccc(c1)-c1nc2ccccc2nc1O4. The number of para-hydroxylation sites is 2. The van der Waals surface area contributed by atoms with E-state index in [0.29, 0.717) is 35.1 Å². The van der Waals surface area contributed by atoms with Gasteiger partial charge in [-0.2, -0.15) is 8.78 Å². The Kier molecular flexibility index (Phi) is 10.5.